The van der Waals surface area contributed by atoms with Gasteiger partial charge in [-0.25, -0.2) is 4.39 Å². The highest BCUT2D eigenvalue weighted by molar-refractivity contribution is 9.10. The molecule has 0 spiro atoms. The fourth-order valence-electron chi connectivity index (χ4n) is 1.76. The van der Waals surface area contributed by atoms with Gasteiger partial charge < -0.3 is 0 Å². The minimum atomic E-state index is -0.339. The average Bonchev–Trinajstić information content (AvgIpc) is 2.36. The van der Waals surface area contributed by atoms with Crippen LogP contribution in [0, 0.1) is 19.7 Å². The van der Waals surface area contributed by atoms with Crippen LogP contribution in [0.3, 0.4) is 0 Å². The van der Waals surface area contributed by atoms with Crippen LogP contribution in [0.5, 0.6) is 0 Å². The SMILES string of the molecule is Cc1cc(C(=O)Cc2ccc(F)c(Br)c2)c(C)nn1. The largest absolute Gasteiger partial charge is 0.294 e. The Morgan fingerprint density at radius 3 is 2.68 bits per heavy atom. The van der Waals surface area contributed by atoms with Crippen molar-refractivity contribution in [1.82, 2.24) is 10.2 Å². The van der Waals surface area contributed by atoms with Crippen LogP contribution in [0.2, 0.25) is 0 Å². The monoisotopic (exact) mass is 322 g/mol. The lowest BCUT2D eigenvalue weighted by Gasteiger charge is -2.05. The Morgan fingerprint density at radius 1 is 1.26 bits per heavy atom. The molecule has 0 unspecified atom stereocenters. The molecule has 0 fully saturated rings. The zero-order valence-electron chi connectivity index (χ0n) is 10.6. The van der Waals surface area contributed by atoms with Gasteiger partial charge in [0, 0.05) is 12.0 Å². The molecule has 1 heterocycles. The lowest BCUT2D eigenvalue weighted by molar-refractivity contribution is 0.0991. The summed E-state index contributed by atoms with van der Waals surface area (Å²) in [6.07, 6.45) is 0.213. The molecule has 98 valence electrons. The second-order valence-corrected chi connectivity index (χ2v) is 5.19. The topological polar surface area (TPSA) is 42.9 Å². The van der Waals surface area contributed by atoms with Crippen molar-refractivity contribution >= 4 is 21.7 Å². The number of nitrogens with zero attached hydrogens (tertiary/aromatic N) is 2. The van der Waals surface area contributed by atoms with Crippen LogP contribution in [0.4, 0.5) is 4.39 Å². The van der Waals surface area contributed by atoms with Gasteiger partial charge >= 0.3 is 0 Å². The van der Waals surface area contributed by atoms with Crippen LogP contribution in [0.25, 0.3) is 0 Å². The molecule has 2 rings (SSSR count). The van der Waals surface area contributed by atoms with Gasteiger partial charge in [0.1, 0.15) is 5.82 Å². The molecule has 3 nitrogen and oxygen atoms in total. The number of carbonyl (C=O) groups excluding carboxylic acids is 1. The molecule has 2 aromatic rings. The number of hydrogen-bond acceptors (Lipinski definition) is 3. The molecule has 0 saturated heterocycles. The van der Waals surface area contributed by atoms with E-state index >= 15 is 0 Å². The Bertz CT molecular complexity index is 643. The molecular formula is C14H12BrFN2O. The van der Waals surface area contributed by atoms with Gasteiger partial charge in [0.25, 0.3) is 0 Å². The molecule has 0 aliphatic rings. The van der Waals surface area contributed by atoms with Crippen LogP contribution in [-0.4, -0.2) is 16.0 Å². The third kappa shape index (κ3) is 3.23. The maximum Gasteiger partial charge on any atom is 0.169 e. The Hall–Kier alpha value is -1.62. The smallest absolute Gasteiger partial charge is 0.169 e. The Kier molecular flexibility index (Phi) is 4.04. The fourth-order valence-corrected chi connectivity index (χ4v) is 2.19. The van der Waals surface area contributed by atoms with E-state index in [0.717, 1.165) is 5.56 Å². The minimum Gasteiger partial charge on any atom is -0.294 e. The number of hydrogen-bond donors (Lipinski definition) is 0. The van der Waals surface area contributed by atoms with Crippen molar-refractivity contribution in [2.75, 3.05) is 0 Å². The Balaban J connectivity index is 2.25. The van der Waals surface area contributed by atoms with Crippen molar-refractivity contribution in [3.8, 4) is 0 Å². The normalized spacial score (nSPS) is 10.5. The van der Waals surface area contributed by atoms with Crippen LogP contribution in [0.1, 0.15) is 27.3 Å². The number of Topliss-reactive ketones (excluding diaryl/α,β-unsaturated/α-hetero) is 1. The van der Waals surface area contributed by atoms with Crippen molar-refractivity contribution in [3.05, 3.63) is 57.1 Å². The van der Waals surface area contributed by atoms with E-state index in [9.17, 15) is 9.18 Å². The van der Waals surface area contributed by atoms with E-state index in [2.05, 4.69) is 26.1 Å². The molecule has 0 radical (unpaired) electrons. The number of rotatable bonds is 3. The maximum atomic E-state index is 13.1. The first-order valence-corrected chi connectivity index (χ1v) is 6.54. The van der Waals surface area contributed by atoms with E-state index in [4.69, 9.17) is 0 Å². The third-order valence-electron chi connectivity index (χ3n) is 2.75. The van der Waals surface area contributed by atoms with Crippen molar-refractivity contribution < 1.29 is 9.18 Å². The Morgan fingerprint density at radius 2 is 2.00 bits per heavy atom. The number of halogens is 2. The molecule has 5 heteroatoms. The molecule has 1 aromatic heterocycles. The van der Waals surface area contributed by atoms with Crippen LogP contribution in [0.15, 0.2) is 28.7 Å². The van der Waals surface area contributed by atoms with E-state index in [-0.39, 0.29) is 18.0 Å². The molecule has 0 saturated carbocycles. The summed E-state index contributed by atoms with van der Waals surface area (Å²) >= 11 is 3.11. The number of ketones is 1. The van der Waals surface area contributed by atoms with Crippen LogP contribution in [-0.2, 0) is 6.42 Å². The molecular weight excluding hydrogens is 311 g/mol. The van der Waals surface area contributed by atoms with Gasteiger partial charge in [-0.2, -0.15) is 10.2 Å². The lowest BCUT2D eigenvalue weighted by Crippen LogP contribution is -2.08. The highest BCUT2D eigenvalue weighted by atomic mass is 79.9. The summed E-state index contributed by atoms with van der Waals surface area (Å²) in [5.41, 5.74) is 2.63. The maximum absolute atomic E-state index is 13.1. The summed E-state index contributed by atoms with van der Waals surface area (Å²) in [4.78, 5) is 12.2. The highest BCUT2D eigenvalue weighted by Gasteiger charge is 2.12. The first-order valence-electron chi connectivity index (χ1n) is 5.75. The molecule has 0 bridgehead atoms. The Labute approximate surface area is 119 Å². The quantitative estimate of drug-likeness (QED) is 0.813. The molecule has 0 aliphatic heterocycles. The summed E-state index contributed by atoms with van der Waals surface area (Å²) in [5, 5.41) is 7.83. The van der Waals surface area contributed by atoms with E-state index in [0.29, 0.717) is 21.4 Å². The van der Waals surface area contributed by atoms with Crippen LogP contribution < -0.4 is 0 Å². The summed E-state index contributed by atoms with van der Waals surface area (Å²) in [6.45, 7) is 3.54. The van der Waals surface area contributed by atoms with E-state index in [1.165, 1.54) is 6.07 Å². The number of benzene rings is 1. The zero-order valence-corrected chi connectivity index (χ0v) is 12.2. The van der Waals surface area contributed by atoms with Crippen molar-refractivity contribution in [2.45, 2.75) is 20.3 Å². The molecule has 0 aliphatic carbocycles. The van der Waals surface area contributed by atoms with Crippen molar-refractivity contribution in [3.63, 3.8) is 0 Å². The van der Waals surface area contributed by atoms with Gasteiger partial charge in [-0.3, -0.25) is 4.79 Å². The van der Waals surface area contributed by atoms with Gasteiger partial charge in [0.15, 0.2) is 5.78 Å². The fraction of sp³-hybridized carbons (Fsp3) is 0.214. The van der Waals surface area contributed by atoms with E-state index in [1.54, 1.807) is 32.0 Å². The number of carbonyl (C=O) groups is 1. The molecule has 0 atom stereocenters. The minimum absolute atomic E-state index is 0.0472. The van der Waals surface area contributed by atoms with Crippen LogP contribution >= 0.6 is 15.9 Å². The second-order valence-electron chi connectivity index (χ2n) is 4.33. The summed E-state index contributed by atoms with van der Waals surface area (Å²) in [6, 6.07) is 6.29. The average molecular weight is 323 g/mol. The molecule has 1 aromatic carbocycles. The van der Waals surface area contributed by atoms with Gasteiger partial charge in [-0.15, -0.1) is 0 Å². The molecule has 0 N–H and O–H groups in total. The van der Waals surface area contributed by atoms with E-state index in [1.807, 2.05) is 0 Å². The number of aryl methyl sites for hydroxylation is 2. The number of aromatic nitrogens is 2. The van der Waals surface area contributed by atoms with Gasteiger partial charge in [-0.05, 0) is 53.5 Å². The summed E-state index contributed by atoms with van der Waals surface area (Å²) < 4.78 is 13.5. The molecule has 19 heavy (non-hydrogen) atoms. The first-order chi connectivity index (χ1) is 8.97. The molecule has 0 amide bonds. The van der Waals surface area contributed by atoms with Gasteiger partial charge in [-0.1, -0.05) is 6.07 Å². The highest BCUT2D eigenvalue weighted by Crippen LogP contribution is 2.18. The summed E-state index contributed by atoms with van der Waals surface area (Å²) in [5.74, 6) is -0.386. The predicted molar refractivity (Wildman–Crippen MR) is 73.6 cm³/mol. The van der Waals surface area contributed by atoms with Crippen molar-refractivity contribution in [1.29, 1.82) is 0 Å². The zero-order chi connectivity index (χ0) is 14.0. The van der Waals surface area contributed by atoms with Crippen molar-refractivity contribution in [2.24, 2.45) is 0 Å². The lowest BCUT2D eigenvalue weighted by atomic mass is 10.0. The van der Waals surface area contributed by atoms with E-state index < -0.39 is 0 Å². The predicted octanol–water partition coefficient (Wildman–Crippen LogP) is 3.42. The van der Waals surface area contributed by atoms with Gasteiger partial charge in [0.2, 0.25) is 0 Å². The first kappa shape index (κ1) is 13.8. The second kappa shape index (κ2) is 5.57. The third-order valence-corrected chi connectivity index (χ3v) is 3.36. The standard InChI is InChI=1S/C14H12BrFN2O/c1-8-5-11(9(2)18-17-8)14(19)7-10-3-4-13(16)12(15)6-10/h3-6H,7H2,1-2H3. The van der Waals surface area contributed by atoms with Gasteiger partial charge in [0.05, 0.1) is 15.9 Å². The summed E-state index contributed by atoms with van der Waals surface area (Å²) in [7, 11) is 0.